The number of aromatic nitrogens is 4. The van der Waals surface area contributed by atoms with Gasteiger partial charge in [0.25, 0.3) is 0 Å². The molecule has 0 aliphatic carbocycles. The minimum Gasteiger partial charge on any atom is -0.356 e. The van der Waals surface area contributed by atoms with E-state index < -0.39 is 0 Å². The van der Waals surface area contributed by atoms with E-state index in [2.05, 4.69) is 29.3 Å². The van der Waals surface area contributed by atoms with Crippen molar-refractivity contribution in [3.05, 3.63) is 36.8 Å². The number of aryl methyl sites for hydroxylation is 2. The summed E-state index contributed by atoms with van der Waals surface area (Å²) >= 11 is 0. The average molecular weight is 354 g/mol. The fraction of sp³-hybridized carbons (Fsp3) is 0.579. The van der Waals surface area contributed by atoms with Gasteiger partial charge >= 0.3 is 0 Å². The molecule has 0 radical (unpaired) electrons. The second-order valence-corrected chi connectivity index (χ2v) is 7.30. The molecule has 7 heteroatoms. The fourth-order valence-corrected chi connectivity index (χ4v) is 4.31. The van der Waals surface area contributed by atoms with Crippen LogP contribution in [-0.2, 0) is 11.3 Å². The molecule has 0 spiro atoms. The Labute approximate surface area is 154 Å². The Morgan fingerprint density at radius 3 is 2.96 bits per heavy atom. The zero-order chi connectivity index (χ0) is 17.9. The lowest BCUT2D eigenvalue weighted by atomic mass is 9.83. The van der Waals surface area contributed by atoms with Gasteiger partial charge in [0.15, 0.2) is 0 Å². The van der Waals surface area contributed by atoms with Gasteiger partial charge in [0.1, 0.15) is 11.6 Å². The van der Waals surface area contributed by atoms with Crippen molar-refractivity contribution in [3.8, 4) is 0 Å². The van der Waals surface area contributed by atoms with Crippen LogP contribution in [0.4, 0.5) is 5.82 Å². The molecule has 2 aromatic rings. The Kier molecular flexibility index (Phi) is 4.86. The average Bonchev–Trinajstić information content (AvgIpc) is 3.16. The van der Waals surface area contributed by atoms with Gasteiger partial charge in [0.05, 0.1) is 6.33 Å². The smallest absolute Gasteiger partial charge is 0.222 e. The van der Waals surface area contributed by atoms with E-state index in [1.54, 1.807) is 6.20 Å². The van der Waals surface area contributed by atoms with Gasteiger partial charge in [-0.2, -0.15) is 0 Å². The Balaban J connectivity index is 1.38. The van der Waals surface area contributed by atoms with Crippen LogP contribution in [0.1, 0.15) is 31.5 Å². The van der Waals surface area contributed by atoms with Gasteiger partial charge in [-0.15, -0.1) is 0 Å². The van der Waals surface area contributed by atoms with Crippen LogP contribution in [0.5, 0.6) is 0 Å². The Bertz CT molecular complexity index is 746. The Morgan fingerprint density at radius 2 is 2.15 bits per heavy atom. The number of hydrogen-bond acceptors (Lipinski definition) is 5. The van der Waals surface area contributed by atoms with Gasteiger partial charge in [0, 0.05) is 57.2 Å². The van der Waals surface area contributed by atoms with E-state index in [-0.39, 0.29) is 0 Å². The maximum atomic E-state index is 12.5. The number of rotatable bonds is 5. The first-order valence-electron chi connectivity index (χ1n) is 9.50. The van der Waals surface area contributed by atoms with Crippen LogP contribution < -0.4 is 4.90 Å². The third kappa shape index (κ3) is 3.57. The summed E-state index contributed by atoms with van der Waals surface area (Å²) in [6, 6.07) is 2.36. The summed E-state index contributed by atoms with van der Waals surface area (Å²) < 4.78 is 2.08. The highest BCUT2D eigenvalue weighted by atomic mass is 16.2. The second kappa shape index (κ2) is 7.43. The van der Waals surface area contributed by atoms with Gasteiger partial charge in [-0.25, -0.2) is 15.0 Å². The first kappa shape index (κ1) is 17.0. The first-order valence-corrected chi connectivity index (χ1v) is 9.50. The normalized spacial score (nSPS) is 23.2. The molecule has 4 rings (SSSR count). The van der Waals surface area contributed by atoms with Gasteiger partial charge in [-0.05, 0) is 38.2 Å². The lowest BCUT2D eigenvalue weighted by molar-refractivity contribution is -0.139. The highest BCUT2D eigenvalue weighted by Crippen LogP contribution is 2.32. The molecule has 2 saturated heterocycles. The predicted octanol–water partition coefficient (Wildman–Crippen LogP) is 1.89. The number of piperidine rings is 2. The number of hydrogen-bond donors (Lipinski definition) is 0. The third-order valence-electron chi connectivity index (χ3n) is 5.60. The summed E-state index contributed by atoms with van der Waals surface area (Å²) in [6.45, 7) is 5.60. The summed E-state index contributed by atoms with van der Waals surface area (Å²) in [5, 5.41) is 0. The molecular formula is C19H26N6O. The summed E-state index contributed by atoms with van der Waals surface area (Å²) in [6.07, 6.45) is 11.1. The van der Waals surface area contributed by atoms with E-state index in [1.807, 2.05) is 31.7 Å². The Morgan fingerprint density at radius 1 is 1.23 bits per heavy atom. The molecule has 26 heavy (non-hydrogen) atoms. The van der Waals surface area contributed by atoms with Crippen LogP contribution in [0, 0.1) is 12.8 Å². The monoisotopic (exact) mass is 354 g/mol. The molecule has 2 aliphatic rings. The van der Waals surface area contributed by atoms with Gasteiger partial charge in [-0.3, -0.25) is 4.79 Å². The summed E-state index contributed by atoms with van der Waals surface area (Å²) in [5.74, 6) is 2.68. The van der Waals surface area contributed by atoms with E-state index >= 15 is 0 Å². The molecule has 2 atom stereocenters. The third-order valence-corrected chi connectivity index (χ3v) is 5.60. The highest BCUT2D eigenvalue weighted by molar-refractivity contribution is 5.77. The topological polar surface area (TPSA) is 67.2 Å². The van der Waals surface area contributed by atoms with Gasteiger partial charge in [-0.1, -0.05) is 0 Å². The molecule has 0 unspecified atom stereocenters. The van der Waals surface area contributed by atoms with Crippen molar-refractivity contribution in [1.82, 2.24) is 24.4 Å². The molecule has 138 valence electrons. The highest BCUT2D eigenvalue weighted by Gasteiger charge is 2.39. The molecule has 1 amide bonds. The fourth-order valence-electron chi connectivity index (χ4n) is 4.31. The maximum absolute atomic E-state index is 12.5. The number of amides is 1. The SMILES string of the molecule is Cc1nccc(N2CC[C@H]3[C@H](CCC(=O)N3CCCn3ccnc3)C2)n1. The molecule has 2 aliphatic heterocycles. The van der Waals surface area contributed by atoms with Crippen LogP contribution in [-0.4, -0.2) is 56.0 Å². The second-order valence-electron chi connectivity index (χ2n) is 7.30. The number of carbonyl (C=O) groups is 1. The molecule has 2 aromatic heterocycles. The minimum absolute atomic E-state index is 0.322. The standard InChI is InChI=1S/C19H26N6O/c1-15-21-7-5-18(22-15)24-11-6-17-16(13-24)3-4-19(26)25(17)10-2-9-23-12-8-20-14-23/h5,7-8,12,14,16-17H,2-4,6,9-11,13H2,1H3/t16-,17+/m1/s1. The van der Waals surface area contributed by atoms with Crippen molar-refractivity contribution < 1.29 is 4.79 Å². The van der Waals surface area contributed by atoms with Crippen LogP contribution in [0.25, 0.3) is 0 Å². The lowest BCUT2D eigenvalue weighted by Gasteiger charge is -2.47. The van der Waals surface area contributed by atoms with Crippen molar-refractivity contribution in [2.75, 3.05) is 24.5 Å². The van der Waals surface area contributed by atoms with Crippen molar-refractivity contribution >= 4 is 11.7 Å². The number of imidazole rings is 1. The van der Waals surface area contributed by atoms with Gasteiger partial charge < -0.3 is 14.4 Å². The number of anilines is 1. The largest absolute Gasteiger partial charge is 0.356 e. The van der Waals surface area contributed by atoms with E-state index in [1.165, 1.54) is 0 Å². The number of likely N-dealkylation sites (tertiary alicyclic amines) is 1. The maximum Gasteiger partial charge on any atom is 0.222 e. The molecule has 0 bridgehead atoms. The molecule has 7 nitrogen and oxygen atoms in total. The molecule has 0 saturated carbocycles. The van der Waals surface area contributed by atoms with Crippen LogP contribution >= 0.6 is 0 Å². The van der Waals surface area contributed by atoms with Crippen molar-refractivity contribution in [1.29, 1.82) is 0 Å². The van der Waals surface area contributed by atoms with E-state index in [0.29, 0.717) is 24.3 Å². The lowest BCUT2D eigenvalue weighted by Crippen LogP contribution is -2.56. The summed E-state index contributed by atoms with van der Waals surface area (Å²) in [4.78, 5) is 29.9. The molecule has 0 aromatic carbocycles. The van der Waals surface area contributed by atoms with Crippen molar-refractivity contribution in [3.63, 3.8) is 0 Å². The van der Waals surface area contributed by atoms with Crippen LogP contribution in [0.15, 0.2) is 31.0 Å². The first-order chi connectivity index (χ1) is 12.7. The predicted molar refractivity (Wildman–Crippen MR) is 98.7 cm³/mol. The van der Waals surface area contributed by atoms with Gasteiger partial charge in [0.2, 0.25) is 5.91 Å². The van der Waals surface area contributed by atoms with E-state index in [9.17, 15) is 4.79 Å². The molecule has 4 heterocycles. The van der Waals surface area contributed by atoms with E-state index in [4.69, 9.17) is 0 Å². The molecular weight excluding hydrogens is 328 g/mol. The van der Waals surface area contributed by atoms with E-state index in [0.717, 1.165) is 57.1 Å². The zero-order valence-electron chi connectivity index (χ0n) is 15.3. The minimum atomic E-state index is 0.322. The van der Waals surface area contributed by atoms with Crippen molar-refractivity contribution in [2.24, 2.45) is 5.92 Å². The molecule has 0 N–H and O–H groups in total. The summed E-state index contributed by atoms with van der Waals surface area (Å²) in [5.41, 5.74) is 0. The Hall–Kier alpha value is -2.44. The molecule has 2 fully saturated rings. The van der Waals surface area contributed by atoms with Crippen LogP contribution in [0.3, 0.4) is 0 Å². The zero-order valence-corrected chi connectivity index (χ0v) is 15.3. The summed E-state index contributed by atoms with van der Waals surface area (Å²) in [7, 11) is 0. The number of fused-ring (bicyclic) bond motifs is 1. The van der Waals surface area contributed by atoms with Crippen LogP contribution in [0.2, 0.25) is 0 Å². The number of carbonyl (C=O) groups excluding carboxylic acids is 1. The quantitative estimate of drug-likeness (QED) is 0.820. The number of nitrogens with zero attached hydrogens (tertiary/aromatic N) is 6. The van der Waals surface area contributed by atoms with Crippen molar-refractivity contribution in [2.45, 2.75) is 45.2 Å².